The predicted octanol–water partition coefficient (Wildman–Crippen LogP) is 3.37. The molecule has 0 heterocycles. The van der Waals surface area contributed by atoms with E-state index in [1.807, 2.05) is 6.92 Å². The van der Waals surface area contributed by atoms with E-state index >= 15 is 0 Å². The van der Waals surface area contributed by atoms with Crippen molar-refractivity contribution in [2.45, 2.75) is 46.6 Å². The van der Waals surface area contributed by atoms with Gasteiger partial charge in [-0.15, -0.1) is 0 Å². The molecule has 0 fully saturated rings. The van der Waals surface area contributed by atoms with Crippen LogP contribution in [0.3, 0.4) is 0 Å². The SMILES string of the molecule is CCN(CC)CCCC(C)NC(=O)c1ccc(F)cc1C. The second-order valence-corrected chi connectivity index (χ2v) is 5.50. The molecule has 21 heavy (non-hydrogen) atoms. The van der Waals surface area contributed by atoms with Crippen LogP contribution >= 0.6 is 0 Å². The maximum absolute atomic E-state index is 13.0. The quantitative estimate of drug-likeness (QED) is 0.797. The second kappa shape index (κ2) is 8.78. The normalized spacial score (nSPS) is 12.5. The van der Waals surface area contributed by atoms with Gasteiger partial charge in [-0.2, -0.15) is 0 Å². The van der Waals surface area contributed by atoms with Crippen LogP contribution in [0.2, 0.25) is 0 Å². The molecule has 1 aromatic rings. The van der Waals surface area contributed by atoms with E-state index in [9.17, 15) is 9.18 Å². The van der Waals surface area contributed by atoms with Crippen molar-refractivity contribution in [1.82, 2.24) is 10.2 Å². The van der Waals surface area contributed by atoms with Gasteiger partial charge in [-0.05, 0) is 70.1 Å². The van der Waals surface area contributed by atoms with Crippen LogP contribution in [-0.2, 0) is 0 Å². The Kier molecular flexibility index (Phi) is 7.37. The molecule has 0 radical (unpaired) electrons. The highest BCUT2D eigenvalue weighted by molar-refractivity contribution is 5.95. The van der Waals surface area contributed by atoms with Gasteiger partial charge in [0.2, 0.25) is 0 Å². The zero-order valence-corrected chi connectivity index (χ0v) is 13.6. The molecule has 0 aliphatic carbocycles. The summed E-state index contributed by atoms with van der Waals surface area (Å²) in [4.78, 5) is 14.5. The minimum atomic E-state index is -0.309. The molecular weight excluding hydrogens is 267 g/mol. The Morgan fingerprint density at radius 2 is 2.00 bits per heavy atom. The molecule has 1 atom stereocenters. The van der Waals surface area contributed by atoms with E-state index in [-0.39, 0.29) is 17.8 Å². The van der Waals surface area contributed by atoms with Crippen molar-refractivity contribution in [3.8, 4) is 0 Å². The van der Waals surface area contributed by atoms with Gasteiger partial charge in [0.15, 0.2) is 0 Å². The molecule has 1 amide bonds. The lowest BCUT2D eigenvalue weighted by molar-refractivity contribution is 0.0936. The number of benzene rings is 1. The molecule has 0 aliphatic heterocycles. The monoisotopic (exact) mass is 294 g/mol. The molecule has 0 spiro atoms. The summed E-state index contributed by atoms with van der Waals surface area (Å²) in [6, 6.07) is 4.38. The van der Waals surface area contributed by atoms with Crippen molar-refractivity contribution < 1.29 is 9.18 Å². The van der Waals surface area contributed by atoms with Crippen LogP contribution < -0.4 is 5.32 Å². The molecule has 0 aromatic heterocycles. The third-order valence-corrected chi connectivity index (χ3v) is 3.82. The number of carbonyl (C=O) groups is 1. The van der Waals surface area contributed by atoms with Gasteiger partial charge in [0.25, 0.3) is 5.91 Å². The summed E-state index contributed by atoms with van der Waals surface area (Å²) in [7, 11) is 0. The van der Waals surface area contributed by atoms with Gasteiger partial charge in [0, 0.05) is 11.6 Å². The van der Waals surface area contributed by atoms with E-state index in [4.69, 9.17) is 0 Å². The van der Waals surface area contributed by atoms with Crippen molar-refractivity contribution in [2.75, 3.05) is 19.6 Å². The van der Waals surface area contributed by atoms with Gasteiger partial charge in [-0.1, -0.05) is 13.8 Å². The van der Waals surface area contributed by atoms with E-state index in [2.05, 4.69) is 24.1 Å². The molecular formula is C17H27FN2O. The van der Waals surface area contributed by atoms with Gasteiger partial charge < -0.3 is 10.2 Å². The molecule has 1 aromatic carbocycles. The minimum absolute atomic E-state index is 0.122. The number of hydrogen-bond acceptors (Lipinski definition) is 2. The Bertz CT molecular complexity index is 458. The zero-order valence-electron chi connectivity index (χ0n) is 13.6. The summed E-state index contributed by atoms with van der Waals surface area (Å²) in [5.41, 5.74) is 1.22. The van der Waals surface area contributed by atoms with Crippen LogP contribution in [0.1, 0.15) is 49.5 Å². The van der Waals surface area contributed by atoms with Crippen LogP contribution in [0.15, 0.2) is 18.2 Å². The molecule has 118 valence electrons. The largest absolute Gasteiger partial charge is 0.350 e. The summed E-state index contributed by atoms with van der Waals surface area (Å²) in [5.74, 6) is -0.431. The molecule has 0 aliphatic rings. The van der Waals surface area contributed by atoms with Gasteiger partial charge >= 0.3 is 0 Å². The van der Waals surface area contributed by atoms with E-state index in [1.165, 1.54) is 12.1 Å². The summed E-state index contributed by atoms with van der Waals surface area (Å²) >= 11 is 0. The fourth-order valence-corrected chi connectivity index (χ4v) is 2.42. The Morgan fingerprint density at radius 1 is 1.33 bits per heavy atom. The second-order valence-electron chi connectivity index (χ2n) is 5.50. The molecule has 0 saturated heterocycles. The van der Waals surface area contributed by atoms with Gasteiger partial charge in [-0.25, -0.2) is 4.39 Å². The fraction of sp³-hybridized carbons (Fsp3) is 0.588. The third-order valence-electron chi connectivity index (χ3n) is 3.82. The van der Waals surface area contributed by atoms with E-state index in [0.717, 1.165) is 32.5 Å². The lowest BCUT2D eigenvalue weighted by Crippen LogP contribution is -2.34. The van der Waals surface area contributed by atoms with Crippen LogP contribution in [0.5, 0.6) is 0 Å². The summed E-state index contributed by atoms with van der Waals surface area (Å²) in [6.45, 7) is 11.3. The Morgan fingerprint density at radius 3 is 2.57 bits per heavy atom. The molecule has 3 nitrogen and oxygen atoms in total. The molecule has 1 rings (SSSR count). The van der Waals surface area contributed by atoms with Crippen LogP contribution in [0, 0.1) is 12.7 Å². The molecule has 1 N–H and O–H groups in total. The number of halogens is 1. The van der Waals surface area contributed by atoms with Crippen molar-refractivity contribution in [3.05, 3.63) is 35.1 Å². The van der Waals surface area contributed by atoms with Crippen molar-refractivity contribution in [1.29, 1.82) is 0 Å². The third kappa shape index (κ3) is 5.84. The smallest absolute Gasteiger partial charge is 0.251 e. The maximum Gasteiger partial charge on any atom is 0.251 e. The maximum atomic E-state index is 13.0. The van der Waals surface area contributed by atoms with Gasteiger partial charge in [0.05, 0.1) is 0 Å². The predicted molar refractivity (Wildman–Crippen MR) is 85.1 cm³/mol. The number of carbonyl (C=O) groups excluding carboxylic acids is 1. The Hall–Kier alpha value is -1.42. The molecule has 4 heteroatoms. The highest BCUT2D eigenvalue weighted by Crippen LogP contribution is 2.10. The Labute approximate surface area is 127 Å². The van der Waals surface area contributed by atoms with Crippen LogP contribution in [0.25, 0.3) is 0 Å². The fourth-order valence-electron chi connectivity index (χ4n) is 2.42. The number of nitrogens with zero attached hydrogens (tertiary/aromatic N) is 1. The first-order valence-corrected chi connectivity index (χ1v) is 7.77. The minimum Gasteiger partial charge on any atom is -0.350 e. The van der Waals surface area contributed by atoms with Crippen LogP contribution in [-0.4, -0.2) is 36.5 Å². The van der Waals surface area contributed by atoms with E-state index in [0.29, 0.717) is 11.1 Å². The van der Waals surface area contributed by atoms with Crippen LogP contribution in [0.4, 0.5) is 4.39 Å². The first kappa shape index (κ1) is 17.6. The summed E-state index contributed by atoms with van der Waals surface area (Å²) in [5, 5.41) is 2.99. The number of amides is 1. The van der Waals surface area contributed by atoms with Crippen molar-refractivity contribution >= 4 is 5.91 Å². The Balaban J connectivity index is 2.43. The number of hydrogen-bond donors (Lipinski definition) is 1. The van der Waals surface area contributed by atoms with E-state index in [1.54, 1.807) is 13.0 Å². The first-order chi connectivity index (χ1) is 9.97. The standard InChI is InChI=1S/C17H27FN2O/c1-5-20(6-2)11-7-8-14(4)19-17(21)16-10-9-15(18)12-13(16)3/h9-10,12,14H,5-8,11H2,1-4H3,(H,19,21). The van der Waals surface area contributed by atoms with Crippen molar-refractivity contribution in [2.24, 2.45) is 0 Å². The number of aryl methyl sites for hydroxylation is 1. The summed E-state index contributed by atoms with van der Waals surface area (Å²) in [6.07, 6.45) is 2.01. The highest BCUT2D eigenvalue weighted by Gasteiger charge is 2.12. The van der Waals surface area contributed by atoms with Crippen molar-refractivity contribution in [3.63, 3.8) is 0 Å². The number of rotatable bonds is 8. The lowest BCUT2D eigenvalue weighted by Gasteiger charge is -2.20. The lowest BCUT2D eigenvalue weighted by atomic mass is 10.1. The number of nitrogens with one attached hydrogen (secondary N) is 1. The average molecular weight is 294 g/mol. The van der Waals surface area contributed by atoms with Gasteiger partial charge in [0.1, 0.15) is 5.82 Å². The first-order valence-electron chi connectivity index (χ1n) is 7.77. The highest BCUT2D eigenvalue weighted by atomic mass is 19.1. The molecule has 0 bridgehead atoms. The average Bonchev–Trinajstić information content (AvgIpc) is 2.43. The van der Waals surface area contributed by atoms with Gasteiger partial charge in [-0.3, -0.25) is 4.79 Å². The topological polar surface area (TPSA) is 32.3 Å². The molecule has 1 unspecified atom stereocenters. The zero-order chi connectivity index (χ0) is 15.8. The van der Waals surface area contributed by atoms with E-state index < -0.39 is 0 Å². The molecule has 0 saturated carbocycles. The summed E-state index contributed by atoms with van der Waals surface area (Å²) < 4.78 is 13.0.